The van der Waals surface area contributed by atoms with Crippen molar-refractivity contribution in [1.82, 2.24) is 0 Å². The average molecular weight is 427 g/mol. The van der Waals surface area contributed by atoms with E-state index in [9.17, 15) is 0 Å². The maximum Gasteiger partial charge on any atom is 0.127 e. The topological polar surface area (TPSA) is 18.5 Å². The van der Waals surface area contributed by atoms with E-state index < -0.39 is 0 Å². The predicted molar refractivity (Wildman–Crippen MR) is 137 cm³/mol. The maximum absolute atomic E-state index is 6.37. The van der Waals surface area contributed by atoms with Crippen LogP contribution in [0, 0.1) is 13.8 Å². The quantitative estimate of drug-likeness (QED) is 0.249. The molecule has 0 aliphatic rings. The van der Waals surface area contributed by atoms with E-state index in [1.54, 1.807) is 0 Å². The smallest absolute Gasteiger partial charge is 0.127 e. The minimum Gasteiger partial charge on any atom is -0.493 e. The van der Waals surface area contributed by atoms with Crippen molar-refractivity contribution in [2.24, 2.45) is 0 Å². The molecule has 0 saturated carbocycles. The molecule has 0 atom stereocenters. The Morgan fingerprint density at radius 3 is 1.41 bits per heavy atom. The first-order valence-corrected chi connectivity index (χ1v) is 11.9. The van der Waals surface area contributed by atoms with E-state index in [1.807, 2.05) is 0 Å². The van der Waals surface area contributed by atoms with Crippen molar-refractivity contribution in [3.05, 3.63) is 71.8 Å². The first-order valence-electron chi connectivity index (χ1n) is 11.9. The lowest BCUT2D eigenvalue weighted by molar-refractivity contribution is 0.306. The molecule has 4 aromatic rings. The van der Waals surface area contributed by atoms with Gasteiger partial charge in [-0.25, -0.2) is 0 Å². The van der Waals surface area contributed by atoms with Crippen LogP contribution in [0.25, 0.3) is 32.7 Å². The number of hydrogen-bond acceptors (Lipinski definition) is 2. The van der Waals surface area contributed by atoms with Crippen LogP contribution in [0.5, 0.6) is 11.5 Å². The molecule has 0 spiro atoms. The van der Waals surface area contributed by atoms with Crippen LogP contribution in [-0.4, -0.2) is 13.2 Å². The summed E-state index contributed by atoms with van der Waals surface area (Å²) in [5.41, 5.74) is 4.80. The largest absolute Gasteiger partial charge is 0.493 e. The summed E-state index contributed by atoms with van der Waals surface area (Å²) in [6.07, 6.45) is 4.31. The highest BCUT2D eigenvalue weighted by molar-refractivity contribution is 6.10. The van der Waals surface area contributed by atoms with Gasteiger partial charge in [0.2, 0.25) is 0 Å². The Kier molecular flexibility index (Phi) is 6.99. The van der Waals surface area contributed by atoms with Crippen molar-refractivity contribution >= 4 is 21.5 Å². The van der Waals surface area contributed by atoms with Gasteiger partial charge in [0.15, 0.2) is 0 Å². The highest BCUT2D eigenvalue weighted by Gasteiger charge is 2.19. The molecular formula is C30H34O2. The third-order valence-electron chi connectivity index (χ3n) is 6.04. The van der Waals surface area contributed by atoms with Crippen LogP contribution in [-0.2, 0) is 0 Å². The summed E-state index contributed by atoms with van der Waals surface area (Å²) in [6, 6.07) is 22.0. The van der Waals surface area contributed by atoms with Crippen LogP contribution in [0.1, 0.15) is 50.7 Å². The van der Waals surface area contributed by atoms with Gasteiger partial charge < -0.3 is 9.47 Å². The molecule has 0 N–H and O–H groups in total. The van der Waals surface area contributed by atoms with Gasteiger partial charge in [-0.05, 0) is 60.4 Å². The number of ether oxygens (including phenoxy) is 2. The van der Waals surface area contributed by atoms with E-state index in [-0.39, 0.29) is 0 Å². The summed E-state index contributed by atoms with van der Waals surface area (Å²) in [5.74, 6) is 1.87. The number of hydrogen-bond donors (Lipinski definition) is 0. The fourth-order valence-corrected chi connectivity index (χ4v) is 4.27. The number of benzene rings is 4. The summed E-state index contributed by atoms with van der Waals surface area (Å²) < 4.78 is 12.7. The van der Waals surface area contributed by atoms with Gasteiger partial charge in [-0.15, -0.1) is 0 Å². The monoisotopic (exact) mass is 426 g/mol. The first-order chi connectivity index (χ1) is 15.6. The highest BCUT2D eigenvalue weighted by atomic mass is 16.5. The van der Waals surface area contributed by atoms with E-state index in [4.69, 9.17) is 9.47 Å². The molecule has 32 heavy (non-hydrogen) atoms. The molecule has 4 aromatic carbocycles. The summed E-state index contributed by atoms with van der Waals surface area (Å²) in [6.45, 7) is 10.1. The number of aryl methyl sites for hydroxylation is 2. The minimum atomic E-state index is 0.719. The zero-order valence-electron chi connectivity index (χ0n) is 19.8. The zero-order chi connectivity index (χ0) is 22.5. The lowest BCUT2D eigenvalue weighted by atomic mass is 9.91. The summed E-state index contributed by atoms with van der Waals surface area (Å²) >= 11 is 0. The van der Waals surface area contributed by atoms with Crippen LogP contribution in [0.15, 0.2) is 60.7 Å². The van der Waals surface area contributed by atoms with Gasteiger partial charge in [-0.1, -0.05) is 86.3 Å². The highest BCUT2D eigenvalue weighted by Crippen LogP contribution is 2.45. The van der Waals surface area contributed by atoms with Crippen LogP contribution in [0.2, 0.25) is 0 Å². The summed E-state index contributed by atoms with van der Waals surface area (Å²) in [7, 11) is 0. The van der Waals surface area contributed by atoms with Crippen LogP contribution in [0.3, 0.4) is 0 Å². The fraction of sp³-hybridized carbons (Fsp3) is 0.333. The second-order valence-corrected chi connectivity index (χ2v) is 8.73. The lowest BCUT2D eigenvalue weighted by Gasteiger charge is -2.20. The minimum absolute atomic E-state index is 0.719. The third kappa shape index (κ3) is 4.60. The van der Waals surface area contributed by atoms with E-state index >= 15 is 0 Å². The third-order valence-corrected chi connectivity index (χ3v) is 6.04. The zero-order valence-corrected chi connectivity index (χ0v) is 19.8. The Bertz CT molecular complexity index is 1130. The van der Waals surface area contributed by atoms with Crippen LogP contribution < -0.4 is 9.47 Å². The molecule has 0 radical (unpaired) electrons. The van der Waals surface area contributed by atoms with Crippen molar-refractivity contribution in [2.45, 2.75) is 53.4 Å². The molecule has 166 valence electrons. The van der Waals surface area contributed by atoms with Gasteiger partial charge in [-0.2, -0.15) is 0 Å². The van der Waals surface area contributed by atoms with Crippen molar-refractivity contribution in [3.8, 4) is 22.6 Å². The maximum atomic E-state index is 6.37. The normalized spacial score (nSPS) is 11.2. The standard InChI is InChI=1S/C30H34O2/c1-5-7-17-31-27-15-11-23-19-21(3)9-13-25(23)29(27)30-26-14-10-22(4)20-24(26)12-16-28(30)32-18-8-6-2/h9-16,19-20H,5-8,17-18H2,1-4H3. The van der Waals surface area contributed by atoms with Crippen molar-refractivity contribution < 1.29 is 9.47 Å². The fourth-order valence-electron chi connectivity index (χ4n) is 4.27. The molecule has 2 heteroatoms. The molecule has 0 bridgehead atoms. The van der Waals surface area contributed by atoms with Gasteiger partial charge in [-0.3, -0.25) is 0 Å². The van der Waals surface area contributed by atoms with E-state index in [0.717, 1.165) is 61.5 Å². The first kappa shape index (κ1) is 22.2. The van der Waals surface area contributed by atoms with Gasteiger partial charge in [0.1, 0.15) is 11.5 Å². The van der Waals surface area contributed by atoms with Crippen molar-refractivity contribution in [1.29, 1.82) is 0 Å². The Morgan fingerprint density at radius 2 is 1.00 bits per heavy atom. The Morgan fingerprint density at radius 1 is 0.562 bits per heavy atom. The van der Waals surface area contributed by atoms with E-state index in [2.05, 4.69) is 88.4 Å². The molecule has 0 amide bonds. The van der Waals surface area contributed by atoms with Crippen molar-refractivity contribution in [3.63, 3.8) is 0 Å². The van der Waals surface area contributed by atoms with Gasteiger partial charge in [0.05, 0.1) is 13.2 Å². The molecule has 0 fully saturated rings. The molecule has 0 unspecified atom stereocenters. The molecule has 0 aliphatic carbocycles. The average Bonchev–Trinajstić information content (AvgIpc) is 2.79. The summed E-state index contributed by atoms with van der Waals surface area (Å²) in [5, 5.41) is 4.87. The van der Waals surface area contributed by atoms with Gasteiger partial charge in [0, 0.05) is 11.1 Å². The van der Waals surface area contributed by atoms with Gasteiger partial charge >= 0.3 is 0 Å². The second-order valence-electron chi connectivity index (χ2n) is 8.73. The molecular weight excluding hydrogens is 392 g/mol. The van der Waals surface area contributed by atoms with E-state index in [1.165, 1.54) is 32.7 Å². The van der Waals surface area contributed by atoms with Crippen molar-refractivity contribution in [2.75, 3.05) is 13.2 Å². The van der Waals surface area contributed by atoms with Crippen LogP contribution in [0.4, 0.5) is 0 Å². The summed E-state index contributed by atoms with van der Waals surface area (Å²) in [4.78, 5) is 0. The van der Waals surface area contributed by atoms with Crippen LogP contribution >= 0.6 is 0 Å². The number of unbranched alkanes of at least 4 members (excludes halogenated alkanes) is 2. The molecule has 0 aromatic heterocycles. The molecule has 0 saturated heterocycles. The molecule has 0 heterocycles. The Hall–Kier alpha value is -3.00. The van der Waals surface area contributed by atoms with E-state index in [0.29, 0.717) is 0 Å². The molecule has 2 nitrogen and oxygen atoms in total. The SMILES string of the molecule is CCCCOc1ccc2cc(C)ccc2c1-c1c(OCCCC)ccc2cc(C)ccc12. The lowest BCUT2D eigenvalue weighted by Crippen LogP contribution is -2.02. The number of fused-ring (bicyclic) bond motifs is 2. The molecule has 0 aliphatic heterocycles. The predicted octanol–water partition coefficient (Wildman–Crippen LogP) is 8.63. The Labute approximate surface area is 192 Å². The second kappa shape index (κ2) is 10.1. The van der Waals surface area contributed by atoms with Gasteiger partial charge in [0.25, 0.3) is 0 Å². The Balaban J connectivity index is 2.01. The number of rotatable bonds is 9. The molecule has 4 rings (SSSR count).